The number of aliphatic hydroxyl groups excluding tert-OH is 1. The van der Waals surface area contributed by atoms with Crippen LogP contribution in [0.2, 0.25) is 0 Å². The first-order valence-corrected chi connectivity index (χ1v) is 6.26. The van der Waals surface area contributed by atoms with Crippen LogP contribution in [-0.2, 0) is 4.74 Å². The van der Waals surface area contributed by atoms with Gasteiger partial charge in [0, 0.05) is 5.92 Å². The van der Waals surface area contributed by atoms with E-state index in [1.807, 2.05) is 48.5 Å². The maximum absolute atomic E-state index is 10.6. The maximum Gasteiger partial charge on any atom is 0.0906 e. The highest BCUT2D eigenvalue weighted by Crippen LogP contribution is 2.39. The molecule has 1 N–H and O–H groups in total. The summed E-state index contributed by atoms with van der Waals surface area (Å²) in [5.41, 5.74) is 2.08. The van der Waals surface area contributed by atoms with Crippen molar-refractivity contribution in [3.8, 4) is 0 Å². The van der Waals surface area contributed by atoms with Crippen molar-refractivity contribution in [3.63, 3.8) is 0 Å². The van der Waals surface area contributed by atoms with E-state index in [0.29, 0.717) is 0 Å². The van der Waals surface area contributed by atoms with Crippen LogP contribution >= 0.6 is 0 Å². The minimum absolute atomic E-state index is 0.0219. The Bertz CT molecular complexity index is 491. The van der Waals surface area contributed by atoms with Gasteiger partial charge in [-0.2, -0.15) is 0 Å². The Balaban J connectivity index is 1.91. The van der Waals surface area contributed by atoms with E-state index >= 15 is 0 Å². The molecule has 3 rings (SSSR count). The van der Waals surface area contributed by atoms with E-state index in [1.54, 1.807) is 0 Å². The van der Waals surface area contributed by atoms with Crippen LogP contribution in [0.4, 0.5) is 0 Å². The van der Waals surface area contributed by atoms with E-state index < -0.39 is 6.10 Å². The lowest BCUT2D eigenvalue weighted by atomic mass is 9.87. The van der Waals surface area contributed by atoms with Crippen molar-refractivity contribution in [3.05, 3.63) is 71.8 Å². The van der Waals surface area contributed by atoms with Crippen LogP contribution in [0, 0.1) is 0 Å². The number of hydrogen-bond acceptors (Lipinski definition) is 2. The predicted molar refractivity (Wildman–Crippen MR) is 70.3 cm³/mol. The normalized spacial score (nSPS) is 21.3. The standard InChI is InChI=1S/C16H16O2/c17-16(13-9-5-2-6-10-13)15(14-11-18-14)12-7-3-1-4-8-12/h1-10,14-17H,11H2. The van der Waals surface area contributed by atoms with Crippen molar-refractivity contribution in [2.24, 2.45) is 0 Å². The molecule has 3 atom stereocenters. The molecule has 2 nitrogen and oxygen atoms in total. The van der Waals surface area contributed by atoms with Crippen LogP contribution < -0.4 is 0 Å². The van der Waals surface area contributed by atoms with E-state index in [-0.39, 0.29) is 12.0 Å². The largest absolute Gasteiger partial charge is 0.388 e. The second-order valence-corrected chi connectivity index (χ2v) is 4.66. The highest BCUT2D eigenvalue weighted by molar-refractivity contribution is 5.28. The second-order valence-electron chi connectivity index (χ2n) is 4.66. The molecule has 1 saturated heterocycles. The van der Waals surface area contributed by atoms with Gasteiger partial charge in [0.15, 0.2) is 0 Å². The molecule has 2 aromatic rings. The molecule has 1 heterocycles. The van der Waals surface area contributed by atoms with Crippen LogP contribution in [0.3, 0.4) is 0 Å². The molecule has 0 bridgehead atoms. The third-order valence-electron chi connectivity index (χ3n) is 3.43. The van der Waals surface area contributed by atoms with Gasteiger partial charge in [-0.3, -0.25) is 0 Å². The van der Waals surface area contributed by atoms with Gasteiger partial charge >= 0.3 is 0 Å². The molecule has 1 fully saturated rings. The zero-order valence-corrected chi connectivity index (χ0v) is 10.1. The lowest BCUT2D eigenvalue weighted by molar-refractivity contribution is 0.128. The van der Waals surface area contributed by atoms with Gasteiger partial charge in [0.1, 0.15) is 0 Å². The van der Waals surface area contributed by atoms with Crippen molar-refractivity contribution < 1.29 is 9.84 Å². The van der Waals surface area contributed by atoms with E-state index in [9.17, 15) is 5.11 Å². The first-order chi connectivity index (χ1) is 8.86. The summed E-state index contributed by atoms with van der Waals surface area (Å²) in [5, 5.41) is 10.6. The summed E-state index contributed by atoms with van der Waals surface area (Å²) in [7, 11) is 0. The highest BCUT2D eigenvalue weighted by atomic mass is 16.6. The van der Waals surface area contributed by atoms with Gasteiger partial charge < -0.3 is 9.84 Å². The summed E-state index contributed by atoms with van der Waals surface area (Å²) < 4.78 is 5.41. The fourth-order valence-corrected chi connectivity index (χ4v) is 2.40. The summed E-state index contributed by atoms with van der Waals surface area (Å²) in [5.74, 6) is 0.0219. The number of hydrogen-bond donors (Lipinski definition) is 1. The average Bonchev–Trinajstić information content (AvgIpc) is 3.26. The highest BCUT2D eigenvalue weighted by Gasteiger charge is 2.38. The lowest BCUT2D eigenvalue weighted by Crippen LogP contribution is -2.16. The van der Waals surface area contributed by atoms with E-state index in [1.165, 1.54) is 0 Å². The molecular weight excluding hydrogens is 224 g/mol. The minimum Gasteiger partial charge on any atom is -0.388 e. The summed E-state index contributed by atoms with van der Waals surface area (Å²) in [6.45, 7) is 0.740. The van der Waals surface area contributed by atoms with Crippen molar-refractivity contribution >= 4 is 0 Å². The number of epoxide rings is 1. The number of rotatable bonds is 4. The molecule has 0 spiro atoms. The molecule has 0 amide bonds. The van der Waals surface area contributed by atoms with Gasteiger partial charge in [-0.1, -0.05) is 60.7 Å². The van der Waals surface area contributed by atoms with Crippen LogP contribution in [0.1, 0.15) is 23.1 Å². The third kappa shape index (κ3) is 2.30. The smallest absolute Gasteiger partial charge is 0.0906 e. The van der Waals surface area contributed by atoms with Crippen LogP contribution in [0.15, 0.2) is 60.7 Å². The molecule has 92 valence electrons. The number of aliphatic hydroxyl groups is 1. The zero-order valence-electron chi connectivity index (χ0n) is 10.1. The first kappa shape index (κ1) is 11.5. The van der Waals surface area contributed by atoms with E-state index in [4.69, 9.17) is 4.74 Å². The molecule has 0 saturated carbocycles. The van der Waals surface area contributed by atoms with Crippen molar-refractivity contribution in [2.45, 2.75) is 18.1 Å². The summed E-state index contributed by atoms with van der Waals surface area (Å²) in [6, 6.07) is 19.9. The molecule has 3 unspecified atom stereocenters. The Morgan fingerprint density at radius 1 is 0.889 bits per heavy atom. The molecule has 2 heteroatoms. The number of ether oxygens (including phenoxy) is 1. The number of benzene rings is 2. The Kier molecular flexibility index (Phi) is 3.13. The van der Waals surface area contributed by atoms with E-state index in [0.717, 1.165) is 17.7 Å². The molecular formula is C16H16O2. The quantitative estimate of drug-likeness (QED) is 0.833. The predicted octanol–water partition coefficient (Wildman–Crippen LogP) is 2.90. The maximum atomic E-state index is 10.6. The van der Waals surface area contributed by atoms with Gasteiger partial charge in [-0.25, -0.2) is 0 Å². The Labute approximate surface area is 107 Å². The van der Waals surface area contributed by atoms with Gasteiger partial charge in [0.05, 0.1) is 18.8 Å². The average molecular weight is 240 g/mol. The fourth-order valence-electron chi connectivity index (χ4n) is 2.40. The van der Waals surface area contributed by atoms with Crippen LogP contribution in [-0.4, -0.2) is 17.8 Å². The molecule has 1 aliphatic heterocycles. The first-order valence-electron chi connectivity index (χ1n) is 6.26. The lowest BCUT2D eigenvalue weighted by Gasteiger charge is -2.22. The van der Waals surface area contributed by atoms with Gasteiger partial charge in [0.25, 0.3) is 0 Å². The minimum atomic E-state index is -0.513. The molecule has 0 aromatic heterocycles. The van der Waals surface area contributed by atoms with E-state index in [2.05, 4.69) is 12.1 Å². The summed E-state index contributed by atoms with van der Waals surface area (Å²) in [6.07, 6.45) is -0.372. The molecule has 0 aliphatic carbocycles. The van der Waals surface area contributed by atoms with Crippen molar-refractivity contribution in [1.82, 2.24) is 0 Å². The SMILES string of the molecule is OC(c1ccccc1)C(c1ccccc1)C1CO1. The molecule has 18 heavy (non-hydrogen) atoms. The van der Waals surface area contributed by atoms with Gasteiger partial charge in [-0.15, -0.1) is 0 Å². The van der Waals surface area contributed by atoms with Gasteiger partial charge in [-0.05, 0) is 11.1 Å². The monoisotopic (exact) mass is 240 g/mol. The Morgan fingerprint density at radius 2 is 1.39 bits per heavy atom. The van der Waals surface area contributed by atoms with Crippen LogP contribution in [0.25, 0.3) is 0 Å². The fraction of sp³-hybridized carbons (Fsp3) is 0.250. The third-order valence-corrected chi connectivity index (χ3v) is 3.43. The molecule has 0 radical (unpaired) electrons. The molecule has 2 aromatic carbocycles. The zero-order chi connectivity index (χ0) is 12.4. The van der Waals surface area contributed by atoms with Gasteiger partial charge in [0.2, 0.25) is 0 Å². The Morgan fingerprint density at radius 3 is 1.89 bits per heavy atom. The molecule has 1 aliphatic rings. The van der Waals surface area contributed by atoms with Crippen molar-refractivity contribution in [1.29, 1.82) is 0 Å². The summed E-state index contributed by atoms with van der Waals surface area (Å²) in [4.78, 5) is 0. The van der Waals surface area contributed by atoms with Crippen LogP contribution in [0.5, 0.6) is 0 Å². The topological polar surface area (TPSA) is 32.8 Å². The van der Waals surface area contributed by atoms with Crippen molar-refractivity contribution in [2.75, 3.05) is 6.61 Å². The Hall–Kier alpha value is -1.64. The second kappa shape index (κ2) is 4.92. The summed E-state index contributed by atoms with van der Waals surface area (Å²) >= 11 is 0.